The zero-order valence-electron chi connectivity index (χ0n) is 13.0. The Balaban J connectivity index is 1.52. The van der Waals surface area contributed by atoms with E-state index in [-0.39, 0.29) is 18.4 Å². The summed E-state index contributed by atoms with van der Waals surface area (Å²) in [6.45, 7) is 0.710. The highest BCUT2D eigenvalue weighted by atomic mass is 127. The summed E-state index contributed by atoms with van der Waals surface area (Å²) in [4.78, 5) is 25.4. The zero-order chi connectivity index (χ0) is 16.9. The summed E-state index contributed by atoms with van der Waals surface area (Å²) >= 11 is 2.21. The molecule has 1 saturated heterocycles. The molecule has 0 unspecified atom stereocenters. The second kappa shape index (κ2) is 7.65. The van der Waals surface area contributed by atoms with E-state index in [1.54, 1.807) is 17.0 Å². The minimum Gasteiger partial charge on any atom is -0.484 e. The van der Waals surface area contributed by atoms with E-state index in [4.69, 9.17) is 4.74 Å². The highest BCUT2D eigenvalue weighted by Crippen LogP contribution is 2.23. The van der Waals surface area contributed by atoms with Gasteiger partial charge in [0, 0.05) is 27.9 Å². The van der Waals surface area contributed by atoms with Crippen LogP contribution < -0.4 is 15.0 Å². The first kappa shape index (κ1) is 16.8. The van der Waals surface area contributed by atoms with Crippen molar-refractivity contribution in [2.75, 3.05) is 23.4 Å². The predicted octanol–water partition coefficient (Wildman–Crippen LogP) is 3.44. The van der Waals surface area contributed by atoms with E-state index in [0.29, 0.717) is 17.9 Å². The molecule has 24 heavy (non-hydrogen) atoms. The maximum atomic E-state index is 11.9. The quantitative estimate of drug-likeness (QED) is 0.731. The van der Waals surface area contributed by atoms with Gasteiger partial charge in [-0.15, -0.1) is 0 Å². The number of halogens is 1. The number of hydrogen-bond donors (Lipinski definition) is 1. The number of amides is 2. The average Bonchev–Trinajstić information content (AvgIpc) is 3.01. The van der Waals surface area contributed by atoms with E-state index in [9.17, 15) is 9.59 Å². The van der Waals surface area contributed by atoms with Crippen LogP contribution in [0.25, 0.3) is 0 Å². The Morgan fingerprint density at radius 3 is 2.46 bits per heavy atom. The lowest BCUT2D eigenvalue weighted by Crippen LogP contribution is -2.23. The van der Waals surface area contributed by atoms with Gasteiger partial charge in [-0.25, -0.2) is 0 Å². The SMILES string of the molecule is O=C(COc1ccc(I)cc1)Nc1ccc(N2CCCC2=O)cc1. The van der Waals surface area contributed by atoms with Gasteiger partial charge < -0.3 is 15.0 Å². The number of carbonyl (C=O) groups excluding carboxylic acids is 2. The Morgan fingerprint density at radius 2 is 1.83 bits per heavy atom. The molecule has 0 radical (unpaired) electrons. The molecule has 1 heterocycles. The highest BCUT2D eigenvalue weighted by molar-refractivity contribution is 14.1. The summed E-state index contributed by atoms with van der Waals surface area (Å²) in [7, 11) is 0. The lowest BCUT2D eigenvalue weighted by molar-refractivity contribution is -0.118. The van der Waals surface area contributed by atoms with E-state index < -0.39 is 0 Å². The van der Waals surface area contributed by atoms with Crippen LogP contribution in [0.4, 0.5) is 11.4 Å². The third-order valence-electron chi connectivity index (χ3n) is 3.72. The lowest BCUT2D eigenvalue weighted by atomic mass is 10.2. The van der Waals surface area contributed by atoms with Crippen LogP contribution in [0.1, 0.15) is 12.8 Å². The molecule has 0 spiro atoms. The monoisotopic (exact) mass is 436 g/mol. The second-order valence-corrected chi connectivity index (χ2v) is 6.73. The van der Waals surface area contributed by atoms with Crippen LogP contribution in [0, 0.1) is 3.57 Å². The maximum Gasteiger partial charge on any atom is 0.262 e. The first-order valence-corrected chi connectivity index (χ1v) is 8.78. The van der Waals surface area contributed by atoms with Crippen molar-refractivity contribution >= 4 is 45.8 Å². The average molecular weight is 436 g/mol. The topological polar surface area (TPSA) is 58.6 Å². The van der Waals surface area contributed by atoms with Crippen molar-refractivity contribution in [3.63, 3.8) is 0 Å². The van der Waals surface area contributed by atoms with Crippen molar-refractivity contribution in [3.05, 3.63) is 52.1 Å². The number of rotatable bonds is 5. The van der Waals surface area contributed by atoms with Gasteiger partial charge >= 0.3 is 0 Å². The molecular formula is C18H17IN2O3. The summed E-state index contributed by atoms with van der Waals surface area (Å²) in [6, 6.07) is 14.8. The normalized spacial score (nSPS) is 13.9. The fourth-order valence-electron chi connectivity index (χ4n) is 2.52. The van der Waals surface area contributed by atoms with Gasteiger partial charge in [0.25, 0.3) is 5.91 Å². The Hall–Kier alpha value is -2.09. The van der Waals surface area contributed by atoms with Crippen LogP contribution in [-0.2, 0) is 9.59 Å². The summed E-state index contributed by atoms with van der Waals surface area (Å²) < 4.78 is 6.56. The van der Waals surface area contributed by atoms with E-state index in [0.717, 1.165) is 22.2 Å². The molecule has 1 N–H and O–H groups in total. The van der Waals surface area contributed by atoms with E-state index in [2.05, 4.69) is 27.9 Å². The number of nitrogens with zero attached hydrogens (tertiary/aromatic N) is 1. The molecule has 0 bridgehead atoms. The van der Waals surface area contributed by atoms with Crippen LogP contribution in [0.2, 0.25) is 0 Å². The maximum absolute atomic E-state index is 11.9. The van der Waals surface area contributed by atoms with Gasteiger partial charge in [0.1, 0.15) is 5.75 Å². The first-order chi connectivity index (χ1) is 11.6. The van der Waals surface area contributed by atoms with Gasteiger partial charge in [-0.05, 0) is 77.5 Å². The molecule has 5 nitrogen and oxygen atoms in total. The number of carbonyl (C=O) groups is 2. The van der Waals surface area contributed by atoms with E-state index in [1.807, 2.05) is 36.4 Å². The number of benzene rings is 2. The number of ether oxygens (including phenoxy) is 1. The van der Waals surface area contributed by atoms with Crippen molar-refractivity contribution in [1.29, 1.82) is 0 Å². The summed E-state index contributed by atoms with van der Waals surface area (Å²) in [5.41, 5.74) is 1.55. The molecule has 0 aliphatic carbocycles. The smallest absolute Gasteiger partial charge is 0.262 e. The van der Waals surface area contributed by atoms with Gasteiger partial charge in [-0.2, -0.15) is 0 Å². The Kier molecular flexibility index (Phi) is 5.34. The molecule has 2 aromatic carbocycles. The lowest BCUT2D eigenvalue weighted by Gasteiger charge is -2.16. The molecule has 124 valence electrons. The molecular weight excluding hydrogens is 419 g/mol. The van der Waals surface area contributed by atoms with Crippen LogP contribution in [0.5, 0.6) is 5.75 Å². The largest absolute Gasteiger partial charge is 0.484 e. The van der Waals surface area contributed by atoms with Crippen molar-refractivity contribution in [3.8, 4) is 5.75 Å². The van der Waals surface area contributed by atoms with Gasteiger partial charge in [-0.1, -0.05) is 0 Å². The number of anilines is 2. The fourth-order valence-corrected chi connectivity index (χ4v) is 2.88. The first-order valence-electron chi connectivity index (χ1n) is 7.70. The summed E-state index contributed by atoms with van der Waals surface area (Å²) in [6.07, 6.45) is 1.50. The van der Waals surface area contributed by atoms with Gasteiger partial charge in [0.2, 0.25) is 5.91 Å². The third-order valence-corrected chi connectivity index (χ3v) is 4.44. The van der Waals surface area contributed by atoms with Crippen LogP contribution in [0.15, 0.2) is 48.5 Å². The minimum atomic E-state index is -0.224. The van der Waals surface area contributed by atoms with Gasteiger partial charge in [-0.3, -0.25) is 9.59 Å². The molecule has 6 heteroatoms. The van der Waals surface area contributed by atoms with Crippen molar-refractivity contribution in [1.82, 2.24) is 0 Å². The molecule has 2 aromatic rings. The molecule has 1 aliphatic rings. The van der Waals surface area contributed by atoms with Crippen LogP contribution >= 0.6 is 22.6 Å². The fraction of sp³-hybridized carbons (Fsp3) is 0.222. The molecule has 0 atom stereocenters. The van der Waals surface area contributed by atoms with Crippen molar-refractivity contribution in [2.45, 2.75) is 12.8 Å². The van der Waals surface area contributed by atoms with Crippen LogP contribution in [-0.4, -0.2) is 25.0 Å². The van der Waals surface area contributed by atoms with Gasteiger partial charge in [0.15, 0.2) is 6.61 Å². The van der Waals surface area contributed by atoms with Crippen molar-refractivity contribution in [2.24, 2.45) is 0 Å². The standard InChI is InChI=1S/C18H17IN2O3/c19-13-3-9-16(10-4-13)24-12-17(22)20-14-5-7-15(8-6-14)21-11-1-2-18(21)23/h3-10H,1-2,11-12H2,(H,20,22). The highest BCUT2D eigenvalue weighted by Gasteiger charge is 2.21. The predicted molar refractivity (Wildman–Crippen MR) is 101 cm³/mol. The molecule has 2 amide bonds. The molecule has 0 aromatic heterocycles. The second-order valence-electron chi connectivity index (χ2n) is 5.49. The Morgan fingerprint density at radius 1 is 1.12 bits per heavy atom. The van der Waals surface area contributed by atoms with Crippen molar-refractivity contribution < 1.29 is 14.3 Å². The zero-order valence-corrected chi connectivity index (χ0v) is 15.2. The van der Waals surface area contributed by atoms with E-state index in [1.165, 1.54) is 0 Å². The molecule has 3 rings (SSSR count). The molecule has 0 saturated carbocycles. The number of nitrogens with one attached hydrogen (secondary N) is 1. The van der Waals surface area contributed by atoms with Crippen LogP contribution in [0.3, 0.4) is 0 Å². The van der Waals surface area contributed by atoms with Gasteiger partial charge in [0.05, 0.1) is 0 Å². The Bertz CT molecular complexity index is 729. The molecule has 1 aliphatic heterocycles. The Labute approximate surface area is 154 Å². The minimum absolute atomic E-state index is 0.0487. The molecule has 1 fully saturated rings. The third kappa shape index (κ3) is 4.25. The summed E-state index contributed by atoms with van der Waals surface area (Å²) in [5, 5.41) is 2.78. The number of hydrogen-bond acceptors (Lipinski definition) is 3. The van der Waals surface area contributed by atoms with E-state index >= 15 is 0 Å². The summed E-state index contributed by atoms with van der Waals surface area (Å²) in [5.74, 6) is 0.588.